The van der Waals surface area contributed by atoms with Crippen LogP contribution in [0.1, 0.15) is 31.9 Å². The van der Waals surface area contributed by atoms with Crippen molar-refractivity contribution in [3.63, 3.8) is 0 Å². The third-order valence-electron chi connectivity index (χ3n) is 3.61. The predicted octanol–water partition coefficient (Wildman–Crippen LogP) is -1.90. The Labute approximate surface area is 156 Å². The summed E-state index contributed by atoms with van der Waals surface area (Å²) in [7, 11) is 0. The van der Waals surface area contributed by atoms with Crippen LogP contribution in [0.4, 0.5) is 0 Å². The van der Waals surface area contributed by atoms with Crippen LogP contribution in [-0.4, -0.2) is 58.9 Å². The highest BCUT2D eigenvalue weighted by molar-refractivity contribution is 5.93. The van der Waals surface area contributed by atoms with Crippen molar-refractivity contribution in [1.29, 1.82) is 0 Å². The van der Waals surface area contributed by atoms with Gasteiger partial charge in [0.1, 0.15) is 12.1 Å². The minimum absolute atomic E-state index is 0.120. The first-order chi connectivity index (χ1) is 12.9. The number of carbonyl (C=O) groups excluding carboxylic acids is 4. The summed E-state index contributed by atoms with van der Waals surface area (Å²) in [6.07, 6.45) is 4.51. The van der Waals surface area contributed by atoms with Crippen LogP contribution in [0, 0.1) is 0 Å². The second kappa shape index (κ2) is 11.8. The van der Waals surface area contributed by atoms with E-state index in [4.69, 9.17) is 11.5 Å². The number of amides is 2. The number of aromatic nitrogens is 2. The van der Waals surface area contributed by atoms with Crippen LogP contribution in [0.2, 0.25) is 0 Å². The fraction of sp³-hybridized carbons (Fsp3) is 0.562. The van der Waals surface area contributed by atoms with Gasteiger partial charge in [0.25, 0.3) is 0 Å². The van der Waals surface area contributed by atoms with Gasteiger partial charge in [-0.15, -0.1) is 0 Å². The maximum Gasteiger partial charge on any atom is 0.336 e. The number of esters is 2. The molecule has 1 aromatic rings. The van der Waals surface area contributed by atoms with Gasteiger partial charge in [0.2, 0.25) is 11.8 Å². The number of hydrogen-bond acceptors (Lipinski definition) is 8. The highest BCUT2D eigenvalue weighted by Crippen LogP contribution is 2.06. The number of ether oxygens (including phenoxy) is 1. The van der Waals surface area contributed by atoms with E-state index in [1.165, 1.54) is 12.5 Å². The van der Waals surface area contributed by atoms with Crippen molar-refractivity contribution >= 4 is 23.8 Å². The molecule has 0 saturated heterocycles. The van der Waals surface area contributed by atoms with E-state index < -0.39 is 35.8 Å². The number of rotatable bonds is 11. The largest absolute Gasteiger partial charge is 0.392 e. The molecule has 7 N–H and O–H groups in total. The van der Waals surface area contributed by atoms with Crippen LogP contribution in [0.3, 0.4) is 0 Å². The van der Waals surface area contributed by atoms with Crippen molar-refractivity contribution in [2.24, 2.45) is 11.5 Å². The second-order valence-electron chi connectivity index (χ2n) is 5.86. The Morgan fingerprint density at radius 2 is 1.93 bits per heavy atom. The minimum Gasteiger partial charge on any atom is -0.392 e. The molecule has 0 bridgehead atoms. The molecule has 0 aromatic carbocycles. The van der Waals surface area contributed by atoms with Crippen molar-refractivity contribution < 1.29 is 23.9 Å². The zero-order valence-corrected chi connectivity index (χ0v) is 15.2. The summed E-state index contributed by atoms with van der Waals surface area (Å²) < 4.78 is 4.58. The first kappa shape index (κ1) is 22.3. The van der Waals surface area contributed by atoms with Crippen molar-refractivity contribution in [3.05, 3.63) is 18.2 Å². The Morgan fingerprint density at radius 3 is 2.48 bits per heavy atom. The van der Waals surface area contributed by atoms with Crippen LogP contribution >= 0.6 is 0 Å². The van der Waals surface area contributed by atoms with E-state index >= 15 is 0 Å². The molecule has 2 amide bonds. The lowest BCUT2D eigenvalue weighted by Crippen LogP contribution is -2.53. The molecule has 150 valence electrons. The molecule has 1 rings (SSSR count). The van der Waals surface area contributed by atoms with Gasteiger partial charge in [-0.25, -0.2) is 9.78 Å². The van der Waals surface area contributed by atoms with Gasteiger partial charge < -0.3 is 31.8 Å². The van der Waals surface area contributed by atoms with Crippen LogP contribution < -0.4 is 22.1 Å². The van der Waals surface area contributed by atoms with Crippen molar-refractivity contribution in [3.8, 4) is 0 Å². The van der Waals surface area contributed by atoms with Gasteiger partial charge in [0, 0.05) is 25.2 Å². The van der Waals surface area contributed by atoms with Crippen LogP contribution in [0.5, 0.6) is 0 Å². The zero-order chi connectivity index (χ0) is 20.2. The number of aromatic amines is 1. The lowest BCUT2D eigenvalue weighted by molar-refractivity contribution is -0.160. The number of carbonyl (C=O) groups is 4. The molecular formula is C16H26N6O5. The molecule has 0 aliphatic carbocycles. The Morgan fingerprint density at radius 1 is 1.19 bits per heavy atom. The van der Waals surface area contributed by atoms with Crippen molar-refractivity contribution in [1.82, 2.24) is 20.6 Å². The number of nitrogens with zero attached hydrogens (tertiary/aromatic N) is 1. The molecule has 11 heteroatoms. The Hall–Kier alpha value is -2.79. The lowest BCUT2D eigenvalue weighted by Gasteiger charge is -2.22. The fourth-order valence-corrected chi connectivity index (χ4v) is 2.31. The SMILES string of the molecule is CC(=O)OC(=O)[C@H](CCCCN)NC(=O)[C@H](Cc1cnc[nH]1)NC(=O)CN. The average molecular weight is 382 g/mol. The average Bonchev–Trinajstić information content (AvgIpc) is 3.12. The first-order valence-electron chi connectivity index (χ1n) is 8.56. The Balaban J connectivity index is 2.85. The number of imidazole rings is 1. The molecule has 11 nitrogen and oxygen atoms in total. The van der Waals surface area contributed by atoms with E-state index in [2.05, 4.69) is 25.3 Å². The van der Waals surface area contributed by atoms with Gasteiger partial charge in [-0.2, -0.15) is 0 Å². The predicted molar refractivity (Wildman–Crippen MR) is 94.9 cm³/mol. The molecule has 0 radical (unpaired) electrons. The zero-order valence-electron chi connectivity index (χ0n) is 15.2. The van der Waals surface area contributed by atoms with E-state index in [1.807, 2.05) is 0 Å². The topological polar surface area (TPSA) is 182 Å². The smallest absolute Gasteiger partial charge is 0.336 e. The van der Waals surface area contributed by atoms with Crippen LogP contribution in [0.15, 0.2) is 12.5 Å². The third-order valence-corrected chi connectivity index (χ3v) is 3.61. The molecule has 1 aromatic heterocycles. The standard InChI is InChI=1S/C16H26N6O5/c1-10(23)27-16(26)12(4-2-3-5-17)22-15(25)13(21-14(24)7-18)6-11-8-19-9-20-11/h8-9,12-13H,2-7,17-18H2,1H3,(H,19,20)(H,21,24)(H,22,25)/t12-,13-/m0/s1. The highest BCUT2D eigenvalue weighted by Gasteiger charge is 2.28. The van der Waals surface area contributed by atoms with Gasteiger partial charge in [0.15, 0.2) is 0 Å². The van der Waals surface area contributed by atoms with Crippen molar-refractivity contribution in [2.75, 3.05) is 13.1 Å². The monoisotopic (exact) mass is 382 g/mol. The molecule has 0 aliphatic heterocycles. The minimum atomic E-state index is -1.04. The van der Waals surface area contributed by atoms with E-state index in [0.717, 1.165) is 6.92 Å². The summed E-state index contributed by atoms with van der Waals surface area (Å²) in [4.78, 5) is 54.1. The highest BCUT2D eigenvalue weighted by atomic mass is 16.6. The maximum atomic E-state index is 12.6. The summed E-state index contributed by atoms with van der Waals surface area (Å²) in [5.74, 6) is -2.77. The van der Waals surface area contributed by atoms with Gasteiger partial charge in [-0.3, -0.25) is 14.4 Å². The van der Waals surface area contributed by atoms with E-state index in [1.54, 1.807) is 0 Å². The molecule has 2 atom stereocenters. The molecular weight excluding hydrogens is 356 g/mol. The van der Waals surface area contributed by atoms with Crippen molar-refractivity contribution in [2.45, 2.75) is 44.7 Å². The molecule has 0 unspecified atom stereocenters. The maximum absolute atomic E-state index is 12.6. The Kier molecular flexibility index (Phi) is 9.69. The van der Waals surface area contributed by atoms with E-state index in [0.29, 0.717) is 25.1 Å². The number of hydrogen-bond donors (Lipinski definition) is 5. The number of nitrogens with one attached hydrogen (secondary N) is 3. The van der Waals surface area contributed by atoms with Gasteiger partial charge in [-0.1, -0.05) is 0 Å². The number of nitrogens with two attached hydrogens (primary N) is 2. The fourth-order valence-electron chi connectivity index (χ4n) is 2.31. The lowest BCUT2D eigenvalue weighted by atomic mass is 10.1. The number of unbranched alkanes of at least 4 members (excludes halogenated alkanes) is 1. The summed E-state index contributed by atoms with van der Waals surface area (Å²) >= 11 is 0. The molecule has 0 fully saturated rings. The molecule has 0 spiro atoms. The normalized spacial score (nSPS) is 12.7. The molecule has 27 heavy (non-hydrogen) atoms. The van der Waals surface area contributed by atoms with Crippen LogP contribution in [-0.2, 0) is 30.3 Å². The van der Waals surface area contributed by atoms with E-state index in [9.17, 15) is 19.2 Å². The number of H-pyrrole nitrogens is 1. The van der Waals surface area contributed by atoms with Gasteiger partial charge in [-0.05, 0) is 25.8 Å². The van der Waals surface area contributed by atoms with Gasteiger partial charge >= 0.3 is 11.9 Å². The quantitative estimate of drug-likeness (QED) is 0.167. The third kappa shape index (κ3) is 8.42. The first-order valence-corrected chi connectivity index (χ1v) is 8.56. The molecule has 0 aliphatic rings. The second-order valence-corrected chi connectivity index (χ2v) is 5.86. The Bertz CT molecular complexity index is 633. The van der Waals surface area contributed by atoms with Gasteiger partial charge in [0.05, 0.1) is 12.9 Å². The summed E-state index contributed by atoms with van der Waals surface area (Å²) in [5.41, 5.74) is 11.3. The molecule has 1 heterocycles. The summed E-state index contributed by atoms with van der Waals surface area (Å²) in [6, 6.07) is -2.02. The molecule has 0 saturated carbocycles. The van der Waals surface area contributed by atoms with E-state index in [-0.39, 0.29) is 19.4 Å². The van der Waals surface area contributed by atoms with Crippen LogP contribution in [0.25, 0.3) is 0 Å². The summed E-state index contributed by atoms with van der Waals surface area (Å²) in [5, 5.41) is 5.02. The summed E-state index contributed by atoms with van der Waals surface area (Å²) in [6.45, 7) is 1.23.